The Morgan fingerprint density at radius 2 is 2.00 bits per heavy atom. The lowest BCUT2D eigenvalue weighted by molar-refractivity contribution is 0.0503. The first-order valence-electron chi connectivity index (χ1n) is 7.18. The first-order chi connectivity index (χ1) is 9.11. The summed E-state index contributed by atoms with van der Waals surface area (Å²) in [5.74, 6) is 2.23. The average Bonchev–Trinajstić information content (AvgIpc) is 2.74. The van der Waals surface area contributed by atoms with Gasteiger partial charge in [-0.3, -0.25) is 0 Å². The zero-order chi connectivity index (χ0) is 13.8. The Balaban J connectivity index is 2.07. The van der Waals surface area contributed by atoms with E-state index in [1.54, 1.807) is 6.92 Å². The van der Waals surface area contributed by atoms with E-state index in [1.165, 1.54) is 25.7 Å². The van der Waals surface area contributed by atoms with Gasteiger partial charge in [-0.2, -0.15) is 0 Å². The average molecular weight is 265 g/mol. The van der Waals surface area contributed by atoms with E-state index in [-0.39, 0.29) is 5.97 Å². The van der Waals surface area contributed by atoms with Gasteiger partial charge in [0.25, 0.3) is 0 Å². The van der Waals surface area contributed by atoms with Crippen LogP contribution in [-0.2, 0) is 11.3 Å². The van der Waals surface area contributed by atoms with Crippen molar-refractivity contribution in [3.05, 3.63) is 11.6 Å². The molecule has 1 heterocycles. The van der Waals surface area contributed by atoms with Crippen LogP contribution in [0.2, 0.25) is 0 Å². The van der Waals surface area contributed by atoms with Crippen LogP contribution in [0, 0.1) is 18.8 Å². The Labute approximate surface area is 114 Å². The van der Waals surface area contributed by atoms with Crippen molar-refractivity contribution in [1.29, 1.82) is 0 Å². The molecule has 1 aliphatic rings. The van der Waals surface area contributed by atoms with Crippen LogP contribution in [0.25, 0.3) is 0 Å². The van der Waals surface area contributed by atoms with Gasteiger partial charge in [-0.1, -0.05) is 19.8 Å². The molecule has 0 unspecified atom stereocenters. The maximum Gasteiger partial charge on any atom is 0.376 e. The first kappa shape index (κ1) is 14.0. The first-order valence-corrected chi connectivity index (χ1v) is 7.18. The summed E-state index contributed by atoms with van der Waals surface area (Å²) >= 11 is 0. The molecule has 19 heavy (non-hydrogen) atoms. The van der Waals surface area contributed by atoms with E-state index in [2.05, 4.69) is 17.1 Å². The molecule has 1 aromatic heterocycles. The van der Waals surface area contributed by atoms with E-state index < -0.39 is 0 Å². The Kier molecular flexibility index (Phi) is 4.56. The highest BCUT2D eigenvalue weighted by Crippen LogP contribution is 2.29. The molecule has 5 nitrogen and oxygen atoms in total. The van der Waals surface area contributed by atoms with Crippen molar-refractivity contribution in [2.75, 3.05) is 6.61 Å². The molecule has 1 aromatic rings. The second kappa shape index (κ2) is 6.17. The summed E-state index contributed by atoms with van der Waals surface area (Å²) in [4.78, 5) is 11.8. The SMILES string of the molecule is CCOC(=O)c1nnc(C)n1CC1CCC(C)CC1. The van der Waals surface area contributed by atoms with Crippen LogP contribution < -0.4 is 0 Å². The van der Waals surface area contributed by atoms with Crippen LogP contribution in [0.15, 0.2) is 0 Å². The number of rotatable bonds is 4. The fourth-order valence-electron chi connectivity index (χ4n) is 2.72. The number of hydrogen-bond acceptors (Lipinski definition) is 4. The van der Waals surface area contributed by atoms with E-state index in [4.69, 9.17) is 4.74 Å². The van der Waals surface area contributed by atoms with Gasteiger partial charge in [-0.05, 0) is 38.5 Å². The maximum absolute atomic E-state index is 11.8. The van der Waals surface area contributed by atoms with E-state index >= 15 is 0 Å². The Morgan fingerprint density at radius 1 is 1.32 bits per heavy atom. The molecular formula is C14H23N3O2. The van der Waals surface area contributed by atoms with Gasteiger partial charge in [0.05, 0.1) is 6.61 Å². The highest BCUT2D eigenvalue weighted by Gasteiger charge is 2.23. The molecule has 5 heteroatoms. The number of aryl methyl sites for hydroxylation is 1. The van der Waals surface area contributed by atoms with Crippen molar-refractivity contribution >= 4 is 5.97 Å². The molecule has 0 atom stereocenters. The summed E-state index contributed by atoms with van der Waals surface area (Å²) in [5.41, 5.74) is 0. The lowest BCUT2D eigenvalue weighted by atomic mass is 9.83. The third-order valence-corrected chi connectivity index (χ3v) is 3.97. The van der Waals surface area contributed by atoms with Crippen molar-refractivity contribution in [3.8, 4) is 0 Å². The van der Waals surface area contributed by atoms with Crippen LogP contribution in [-0.4, -0.2) is 27.3 Å². The summed E-state index contributed by atoms with van der Waals surface area (Å²) in [6.45, 7) is 7.20. The predicted molar refractivity (Wildman–Crippen MR) is 71.8 cm³/mol. The van der Waals surface area contributed by atoms with Crippen LogP contribution in [0.5, 0.6) is 0 Å². The minimum absolute atomic E-state index is 0.345. The number of esters is 1. The Morgan fingerprint density at radius 3 is 2.63 bits per heavy atom. The largest absolute Gasteiger partial charge is 0.460 e. The van der Waals surface area contributed by atoms with Crippen molar-refractivity contribution in [1.82, 2.24) is 14.8 Å². The molecule has 0 amide bonds. The Bertz CT molecular complexity index is 434. The normalized spacial score (nSPS) is 23.3. The molecule has 0 saturated heterocycles. The topological polar surface area (TPSA) is 57.0 Å². The van der Waals surface area contributed by atoms with Gasteiger partial charge in [-0.25, -0.2) is 4.79 Å². The molecular weight excluding hydrogens is 242 g/mol. The fraction of sp³-hybridized carbons (Fsp3) is 0.786. The minimum Gasteiger partial charge on any atom is -0.460 e. The van der Waals surface area contributed by atoms with Gasteiger partial charge in [0.1, 0.15) is 5.82 Å². The van der Waals surface area contributed by atoms with Crippen LogP contribution in [0.3, 0.4) is 0 Å². The lowest BCUT2D eigenvalue weighted by Gasteiger charge is -2.26. The lowest BCUT2D eigenvalue weighted by Crippen LogP contribution is -2.22. The second-order valence-corrected chi connectivity index (χ2v) is 5.53. The van der Waals surface area contributed by atoms with Gasteiger partial charge in [-0.15, -0.1) is 10.2 Å². The summed E-state index contributed by atoms with van der Waals surface area (Å²) < 4.78 is 6.94. The molecule has 0 aromatic carbocycles. The van der Waals surface area contributed by atoms with Gasteiger partial charge in [0, 0.05) is 6.54 Å². The van der Waals surface area contributed by atoms with Crippen LogP contribution in [0.1, 0.15) is 56.0 Å². The third-order valence-electron chi connectivity index (χ3n) is 3.97. The summed E-state index contributed by atoms with van der Waals surface area (Å²) in [6.07, 6.45) is 5.00. The molecule has 0 spiro atoms. The van der Waals surface area contributed by atoms with Gasteiger partial charge >= 0.3 is 5.97 Å². The predicted octanol–water partition coefficient (Wildman–Crippen LogP) is 2.59. The smallest absolute Gasteiger partial charge is 0.376 e. The van der Waals surface area contributed by atoms with E-state index in [1.807, 2.05) is 11.5 Å². The molecule has 106 valence electrons. The fourth-order valence-corrected chi connectivity index (χ4v) is 2.72. The molecule has 0 N–H and O–H groups in total. The highest BCUT2D eigenvalue weighted by atomic mass is 16.5. The number of hydrogen-bond donors (Lipinski definition) is 0. The molecule has 0 radical (unpaired) electrons. The molecule has 1 aliphatic carbocycles. The summed E-state index contributed by atoms with van der Waals surface area (Å²) in [6, 6.07) is 0. The summed E-state index contributed by atoms with van der Waals surface area (Å²) in [7, 11) is 0. The minimum atomic E-state index is -0.368. The Hall–Kier alpha value is -1.39. The van der Waals surface area contributed by atoms with Crippen LogP contribution in [0.4, 0.5) is 0 Å². The third kappa shape index (κ3) is 3.33. The van der Waals surface area contributed by atoms with Crippen molar-refractivity contribution < 1.29 is 9.53 Å². The zero-order valence-electron chi connectivity index (χ0n) is 12.1. The van der Waals surface area contributed by atoms with Gasteiger partial charge < -0.3 is 9.30 Å². The van der Waals surface area contributed by atoms with Crippen LogP contribution >= 0.6 is 0 Å². The quantitative estimate of drug-likeness (QED) is 0.785. The number of aromatic nitrogens is 3. The van der Waals surface area contributed by atoms with Gasteiger partial charge in [0.15, 0.2) is 0 Å². The standard InChI is InChI=1S/C14H23N3O2/c1-4-19-14(18)13-16-15-11(3)17(13)9-12-7-5-10(2)6-8-12/h10,12H,4-9H2,1-3H3. The molecule has 2 rings (SSSR count). The van der Waals surface area contributed by atoms with Gasteiger partial charge in [0.2, 0.25) is 5.82 Å². The molecule has 1 saturated carbocycles. The molecule has 1 fully saturated rings. The monoisotopic (exact) mass is 265 g/mol. The maximum atomic E-state index is 11.8. The summed E-state index contributed by atoms with van der Waals surface area (Å²) in [5, 5.41) is 7.97. The number of nitrogens with zero attached hydrogens (tertiary/aromatic N) is 3. The number of ether oxygens (including phenoxy) is 1. The zero-order valence-corrected chi connectivity index (χ0v) is 12.1. The molecule has 0 aliphatic heterocycles. The molecule has 0 bridgehead atoms. The van der Waals surface area contributed by atoms with Crippen molar-refractivity contribution in [3.63, 3.8) is 0 Å². The highest BCUT2D eigenvalue weighted by molar-refractivity contribution is 5.85. The van der Waals surface area contributed by atoms with E-state index in [0.29, 0.717) is 18.3 Å². The number of carbonyl (C=O) groups excluding carboxylic acids is 1. The van der Waals surface area contributed by atoms with Crippen molar-refractivity contribution in [2.45, 2.75) is 53.0 Å². The van der Waals surface area contributed by atoms with Crippen molar-refractivity contribution in [2.24, 2.45) is 11.8 Å². The van der Waals surface area contributed by atoms with E-state index in [9.17, 15) is 4.79 Å². The second-order valence-electron chi connectivity index (χ2n) is 5.53. The van der Waals surface area contributed by atoms with E-state index in [0.717, 1.165) is 18.3 Å². The number of carbonyl (C=O) groups is 1.